The summed E-state index contributed by atoms with van der Waals surface area (Å²) < 4.78 is 0. The molecule has 0 aliphatic carbocycles. The van der Waals surface area contributed by atoms with Crippen LogP contribution in [0.25, 0.3) is 6.08 Å². The average molecular weight is 149 g/mol. The van der Waals surface area contributed by atoms with Gasteiger partial charge in [-0.2, -0.15) is 0 Å². The summed E-state index contributed by atoms with van der Waals surface area (Å²) in [7, 11) is 0. The molecule has 2 N–H and O–H groups in total. The van der Waals surface area contributed by atoms with Gasteiger partial charge in [-0.25, -0.2) is 4.98 Å². The fourth-order valence-electron chi connectivity index (χ4n) is 0.780. The van der Waals surface area contributed by atoms with Gasteiger partial charge >= 0.3 is 0 Å². The molecule has 0 fully saturated rings. The van der Waals surface area contributed by atoms with Crippen LogP contribution in [0.2, 0.25) is 0 Å². The third kappa shape index (κ3) is 2.04. The Morgan fingerprint density at radius 1 is 1.73 bits per heavy atom. The highest BCUT2D eigenvalue weighted by molar-refractivity contribution is 5.74. The van der Waals surface area contributed by atoms with Crippen LogP contribution in [0.15, 0.2) is 12.3 Å². The zero-order chi connectivity index (χ0) is 8.10. The van der Waals surface area contributed by atoms with Crippen LogP contribution in [-0.2, 0) is 6.42 Å². The number of hydrogen-bond donors (Lipinski definition) is 2. The first-order valence-corrected chi connectivity index (χ1v) is 3.58. The second-order valence-corrected chi connectivity index (χ2v) is 2.17. The molecule has 1 heterocycles. The minimum Gasteiger partial charge on any atom is -0.342 e. The summed E-state index contributed by atoms with van der Waals surface area (Å²) in [6.45, 7) is 2.07. The summed E-state index contributed by atoms with van der Waals surface area (Å²) in [5.41, 5.74) is 1.12. The number of rotatable bonds is 3. The van der Waals surface area contributed by atoms with Crippen LogP contribution in [-0.4, -0.2) is 16.2 Å². The van der Waals surface area contributed by atoms with E-state index in [2.05, 4.69) is 16.9 Å². The lowest BCUT2D eigenvalue weighted by molar-refractivity contribution is 1.06. The zero-order valence-electron chi connectivity index (χ0n) is 6.46. The largest absolute Gasteiger partial charge is 0.342 e. The molecule has 0 radical (unpaired) electrons. The molecule has 0 atom stereocenters. The van der Waals surface area contributed by atoms with Gasteiger partial charge in [0.05, 0.1) is 0 Å². The predicted molar refractivity (Wildman–Crippen MR) is 45.8 cm³/mol. The lowest BCUT2D eigenvalue weighted by Gasteiger charge is -1.84. The Morgan fingerprint density at radius 2 is 2.55 bits per heavy atom. The Balaban J connectivity index is 2.72. The smallest absolute Gasteiger partial charge is 0.130 e. The van der Waals surface area contributed by atoms with E-state index < -0.39 is 0 Å². The summed E-state index contributed by atoms with van der Waals surface area (Å²) in [5, 5.41) is 6.75. The van der Waals surface area contributed by atoms with Gasteiger partial charge in [0.1, 0.15) is 5.82 Å². The lowest BCUT2D eigenvalue weighted by Crippen LogP contribution is -1.78. The van der Waals surface area contributed by atoms with Crippen molar-refractivity contribution in [3.8, 4) is 0 Å². The Bertz CT molecular complexity index is 260. The number of aryl methyl sites for hydroxylation is 1. The molecule has 0 saturated carbocycles. The highest BCUT2D eigenvalue weighted by Crippen LogP contribution is 1.98. The van der Waals surface area contributed by atoms with Gasteiger partial charge in [0.25, 0.3) is 0 Å². The van der Waals surface area contributed by atoms with Gasteiger partial charge < -0.3 is 10.4 Å². The molecule has 11 heavy (non-hydrogen) atoms. The molecule has 0 bridgehead atoms. The van der Waals surface area contributed by atoms with Crippen molar-refractivity contribution in [2.75, 3.05) is 0 Å². The van der Waals surface area contributed by atoms with Crippen LogP contribution >= 0.6 is 0 Å². The number of aromatic nitrogens is 2. The van der Waals surface area contributed by atoms with E-state index in [-0.39, 0.29) is 0 Å². The van der Waals surface area contributed by atoms with E-state index in [1.54, 1.807) is 12.2 Å². The van der Waals surface area contributed by atoms with E-state index in [4.69, 9.17) is 5.41 Å². The van der Waals surface area contributed by atoms with Gasteiger partial charge in [0.2, 0.25) is 0 Å². The maximum absolute atomic E-state index is 6.75. The first-order chi connectivity index (χ1) is 5.36. The van der Waals surface area contributed by atoms with Gasteiger partial charge in [-0.1, -0.05) is 6.92 Å². The molecule has 1 rings (SSSR count). The molecule has 3 nitrogen and oxygen atoms in total. The van der Waals surface area contributed by atoms with Crippen molar-refractivity contribution in [1.29, 1.82) is 5.41 Å². The summed E-state index contributed by atoms with van der Waals surface area (Å²) in [4.78, 5) is 7.18. The number of imidazole rings is 1. The van der Waals surface area contributed by atoms with Crippen LogP contribution in [0.3, 0.4) is 0 Å². The molecule has 0 aromatic carbocycles. The molecule has 0 unspecified atom stereocenters. The number of nitrogens with one attached hydrogen (secondary N) is 2. The first-order valence-electron chi connectivity index (χ1n) is 3.58. The first kappa shape index (κ1) is 7.72. The molecule has 0 amide bonds. The number of hydrogen-bond acceptors (Lipinski definition) is 2. The normalized spacial score (nSPS) is 10.6. The van der Waals surface area contributed by atoms with E-state index in [0.717, 1.165) is 17.9 Å². The fourth-order valence-corrected chi connectivity index (χ4v) is 0.780. The van der Waals surface area contributed by atoms with Crippen molar-refractivity contribution in [1.82, 2.24) is 9.97 Å². The van der Waals surface area contributed by atoms with Gasteiger partial charge in [0.15, 0.2) is 0 Å². The van der Waals surface area contributed by atoms with Crippen LogP contribution in [0.5, 0.6) is 0 Å². The molecule has 0 aliphatic heterocycles. The van der Waals surface area contributed by atoms with Gasteiger partial charge in [-0.05, 0) is 18.6 Å². The van der Waals surface area contributed by atoms with Crippen molar-refractivity contribution in [2.45, 2.75) is 13.3 Å². The summed E-state index contributed by atoms with van der Waals surface area (Å²) in [6, 6.07) is 0. The maximum Gasteiger partial charge on any atom is 0.130 e. The predicted octanol–water partition coefficient (Wildman–Crippen LogP) is 1.63. The van der Waals surface area contributed by atoms with E-state index in [9.17, 15) is 0 Å². The Kier molecular flexibility index (Phi) is 2.60. The van der Waals surface area contributed by atoms with Crippen molar-refractivity contribution in [2.24, 2.45) is 0 Å². The molecule has 0 aliphatic rings. The van der Waals surface area contributed by atoms with Crippen molar-refractivity contribution in [3.63, 3.8) is 0 Å². The maximum atomic E-state index is 6.75. The number of allylic oxidation sites excluding steroid dienone is 1. The van der Waals surface area contributed by atoms with Crippen LogP contribution < -0.4 is 0 Å². The highest BCUT2D eigenvalue weighted by atomic mass is 14.9. The second-order valence-electron chi connectivity index (χ2n) is 2.17. The quantitative estimate of drug-likeness (QED) is 0.630. The lowest BCUT2D eigenvalue weighted by atomic mass is 10.4. The SMILES string of the molecule is CCc1cnc(/C=C\C=N)[nH]1. The number of H-pyrrole nitrogens is 1. The van der Waals surface area contributed by atoms with Crippen LogP contribution in [0.1, 0.15) is 18.4 Å². The fraction of sp³-hybridized carbons (Fsp3) is 0.250. The van der Waals surface area contributed by atoms with E-state index >= 15 is 0 Å². The minimum atomic E-state index is 0.811. The molecule has 58 valence electrons. The summed E-state index contributed by atoms with van der Waals surface area (Å²) >= 11 is 0. The molecule has 0 spiro atoms. The van der Waals surface area contributed by atoms with Gasteiger partial charge in [-0.15, -0.1) is 0 Å². The molecule has 1 aromatic rings. The highest BCUT2D eigenvalue weighted by Gasteiger charge is 1.92. The standard InChI is InChI=1S/C8H11N3/c1-2-7-6-10-8(11-7)4-3-5-9/h3-6,9H,2H2,1H3,(H,10,11)/b4-3-,9-5?. The molecule has 1 aromatic heterocycles. The zero-order valence-corrected chi connectivity index (χ0v) is 6.46. The molecule has 3 heteroatoms. The topological polar surface area (TPSA) is 52.5 Å². The summed E-state index contributed by atoms with van der Waals surface area (Å²) in [5.74, 6) is 0.811. The number of nitrogens with zero attached hydrogens (tertiary/aromatic N) is 1. The van der Waals surface area contributed by atoms with Crippen LogP contribution in [0, 0.1) is 5.41 Å². The van der Waals surface area contributed by atoms with Crippen LogP contribution in [0.4, 0.5) is 0 Å². The Morgan fingerprint density at radius 3 is 3.09 bits per heavy atom. The molecule has 0 saturated heterocycles. The van der Waals surface area contributed by atoms with Crippen molar-refractivity contribution >= 4 is 12.3 Å². The van der Waals surface area contributed by atoms with E-state index in [1.807, 2.05) is 6.20 Å². The third-order valence-corrected chi connectivity index (χ3v) is 1.38. The van der Waals surface area contributed by atoms with Crippen molar-refractivity contribution < 1.29 is 0 Å². The van der Waals surface area contributed by atoms with E-state index in [0.29, 0.717) is 0 Å². The van der Waals surface area contributed by atoms with Gasteiger partial charge in [-0.3, -0.25) is 0 Å². The van der Waals surface area contributed by atoms with Crippen molar-refractivity contribution in [3.05, 3.63) is 23.8 Å². The third-order valence-electron chi connectivity index (χ3n) is 1.38. The molecular weight excluding hydrogens is 138 g/mol. The Hall–Kier alpha value is -1.38. The average Bonchev–Trinajstić information content (AvgIpc) is 2.48. The second kappa shape index (κ2) is 3.71. The molecular formula is C8H11N3. The van der Waals surface area contributed by atoms with E-state index in [1.165, 1.54) is 6.21 Å². The monoisotopic (exact) mass is 149 g/mol. The van der Waals surface area contributed by atoms with Gasteiger partial charge in [0, 0.05) is 18.1 Å². The number of aromatic amines is 1. The minimum absolute atomic E-state index is 0.811. The Labute approximate surface area is 65.7 Å². The summed E-state index contributed by atoms with van der Waals surface area (Å²) in [6.07, 6.45) is 7.41.